The number of hydrazine groups is 1. The number of rotatable bonds is 4. The van der Waals surface area contributed by atoms with Gasteiger partial charge in [-0.15, -0.1) is 0 Å². The minimum atomic E-state index is -0.377. The van der Waals surface area contributed by atoms with Crippen molar-refractivity contribution in [1.82, 2.24) is 10.3 Å². The minimum absolute atomic E-state index is 0.289. The zero-order chi connectivity index (χ0) is 13.1. The van der Waals surface area contributed by atoms with Crippen molar-refractivity contribution in [2.75, 3.05) is 6.54 Å². The molecule has 5 heteroatoms. The lowest BCUT2D eigenvalue weighted by Gasteiger charge is -2.22. The normalized spacial score (nSPS) is 20.3. The van der Waals surface area contributed by atoms with E-state index in [9.17, 15) is 4.79 Å². The van der Waals surface area contributed by atoms with Gasteiger partial charge in [0.1, 0.15) is 5.76 Å². The van der Waals surface area contributed by atoms with Crippen LogP contribution in [0.5, 0.6) is 0 Å². The second-order valence-electron chi connectivity index (χ2n) is 4.84. The van der Waals surface area contributed by atoms with Crippen molar-refractivity contribution in [2.45, 2.75) is 45.7 Å². The summed E-state index contributed by atoms with van der Waals surface area (Å²) in [7, 11) is 0. The Balaban J connectivity index is 2.09. The van der Waals surface area contributed by atoms with E-state index < -0.39 is 0 Å². The molecule has 100 valence electrons. The second kappa shape index (κ2) is 5.54. The van der Waals surface area contributed by atoms with Crippen molar-refractivity contribution in [3.8, 4) is 0 Å². The van der Waals surface area contributed by atoms with Crippen molar-refractivity contribution >= 4 is 5.91 Å². The molecule has 1 aliphatic rings. The largest absolute Gasteiger partial charge is 0.456 e. The third-order valence-electron chi connectivity index (χ3n) is 3.72. The van der Waals surface area contributed by atoms with E-state index in [0.29, 0.717) is 6.04 Å². The topological polar surface area (TPSA) is 71.5 Å². The fraction of sp³-hybridized carbons (Fsp3) is 0.615. The number of nitrogen functional groups attached to an aromatic ring is 1. The molecule has 0 spiro atoms. The highest BCUT2D eigenvalue weighted by atomic mass is 16.4. The standard InChI is InChI=1S/C13H21N3O2/c1-3-11-5-4-6-16(11)8-10-7-12(13(17)15-14)18-9(10)2/h7,11H,3-6,8,14H2,1-2H3,(H,15,17). The van der Waals surface area contributed by atoms with E-state index in [1.165, 1.54) is 19.3 Å². The third kappa shape index (κ3) is 2.57. The van der Waals surface area contributed by atoms with Crippen LogP contribution < -0.4 is 11.3 Å². The lowest BCUT2D eigenvalue weighted by atomic mass is 10.1. The van der Waals surface area contributed by atoms with Crippen molar-refractivity contribution in [3.05, 3.63) is 23.2 Å². The number of hydrogen-bond acceptors (Lipinski definition) is 4. The van der Waals surface area contributed by atoms with Crippen molar-refractivity contribution < 1.29 is 9.21 Å². The smallest absolute Gasteiger partial charge is 0.300 e. The van der Waals surface area contributed by atoms with Crippen LogP contribution in [0.2, 0.25) is 0 Å². The molecule has 0 aromatic carbocycles. The number of nitrogens with one attached hydrogen (secondary N) is 1. The molecule has 3 N–H and O–H groups in total. The van der Waals surface area contributed by atoms with Crippen LogP contribution in [0, 0.1) is 6.92 Å². The summed E-state index contributed by atoms with van der Waals surface area (Å²) in [5, 5.41) is 0. The maximum Gasteiger partial charge on any atom is 0.300 e. The van der Waals surface area contributed by atoms with Crippen LogP contribution in [0.1, 0.15) is 48.1 Å². The van der Waals surface area contributed by atoms with E-state index in [0.717, 1.165) is 24.4 Å². The zero-order valence-electron chi connectivity index (χ0n) is 11.0. The Morgan fingerprint density at radius 2 is 2.44 bits per heavy atom. The maximum absolute atomic E-state index is 11.4. The van der Waals surface area contributed by atoms with Gasteiger partial charge in [-0.1, -0.05) is 6.92 Å². The van der Waals surface area contributed by atoms with E-state index in [-0.39, 0.29) is 11.7 Å². The Labute approximate surface area is 107 Å². The van der Waals surface area contributed by atoms with Gasteiger partial charge in [-0.2, -0.15) is 0 Å². The minimum Gasteiger partial charge on any atom is -0.456 e. The number of nitrogens with two attached hydrogens (primary N) is 1. The Hall–Kier alpha value is -1.33. The van der Waals surface area contributed by atoms with Crippen molar-refractivity contribution in [3.63, 3.8) is 0 Å². The Bertz CT molecular complexity index is 428. The van der Waals surface area contributed by atoms with Crippen LogP contribution in [-0.4, -0.2) is 23.4 Å². The fourth-order valence-electron chi connectivity index (χ4n) is 2.64. The number of amides is 1. The molecule has 1 aliphatic heterocycles. The van der Waals surface area contributed by atoms with E-state index in [2.05, 4.69) is 17.2 Å². The van der Waals surface area contributed by atoms with Crippen LogP contribution in [0.25, 0.3) is 0 Å². The molecule has 1 amide bonds. The fourth-order valence-corrected chi connectivity index (χ4v) is 2.64. The van der Waals surface area contributed by atoms with Crippen LogP contribution in [0.4, 0.5) is 0 Å². The number of carbonyl (C=O) groups is 1. The molecule has 0 aliphatic carbocycles. The van der Waals surface area contributed by atoms with Crippen LogP contribution in [-0.2, 0) is 6.54 Å². The number of likely N-dealkylation sites (tertiary alicyclic amines) is 1. The van der Waals surface area contributed by atoms with Gasteiger partial charge >= 0.3 is 5.91 Å². The monoisotopic (exact) mass is 251 g/mol. The maximum atomic E-state index is 11.4. The predicted molar refractivity (Wildman–Crippen MR) is 68.8 cm³/mol. The van der Waals surface area contributed by atoms with Gasteiger partial charge in [0, 0.05) is 18.2 Å². The molecule has 0 bridgehead atoms. The molecule has 1 unspecified atom stereocenters. The Morgan fingerprint density at radius 1 is 1.67 bits per heavy atom. The first-order chi connectivity index (χ1) is 8.65. The second-order valence-corrected chi connectivity index (χ2v) is 4.84. The molecular weight excluding hydrogens is 230 g/mol. The average Bonchev–Trinajstić information content (AvgIpc) is 2.96. The highest BCUT2D eigenvalue weighted by molar-refractivity contribution is 5.91. The molecule has 1 fully saturated rings. The molecule has 2 rings (SSSR count). The highest BCUT2D eigenvalue weighted by Crippen LogP contribution is 2.24. The van der Waals surface area contributed by atoms with Gasteiger partial charge in [-0.3, -0.25) is 15.1 Å². The van der Waals surface area contributed by atoms with E-state index in [4.69, 9.17) is 10.3 Å². The SMILES string of the molecule is CCC1CCCN1Cc1cc(C(=O)NN)oc1C. The van der Waals surface area contributed by atoms with Crippen LogP contribution in [0.3, 0.4) is 0 Å². The van der Waals surface area contributed by atoms with Gasteiger partial charge in [-0.05, 0) is 38.8 Å². The Kier molecular flexibility index (Phi) is 4.04. The highest BCUT2D eigenvalue weighted by Gasteiger charge is 2.24. The molecular formula is C13H21N3O2. The van der Waals surface area contributed by atoms with Gasteiger partial charge in [0.25, 0.3) is 0 Å². The van der Waals surface area contributed by atoms with E-state index in [1.54, 1.807) is 6.07 Å². The average molecular weight is 251 g/mol. The summed E-state index contributed by atoms with van der Waals surface area (Å²) in [5.41, 5.74) is 3.17. The summed E-state index contributed by atoms with van der Waals surface area (Å²) in [6.07, 6.45) is 3.70. The zero-order valence-corrected chi connectivity index (χ0v) is 11.0. The summed E-state index contributed by atoms with van der Waals surface area (Å²) < 4.78 is 5.43. The molecule has 1 aromatic heterocycles. The van der Waals surface area contributed by atoms with Crippen LogP contribution in [0.15, 0.2) is 10.5 Å². The number of hydrogen-bond donors (Lipinski definition) is 2. The summed E-state index contributed by atoms with van der Waals surface area (Å²) in [6.45, 7) is 6.09. The first kappa shape index (κ1) is 13.1. The lowest BCUT2D eigenvalue weighted by Crippen LogP contribution is -2.29. The number of furan rings is 1. The number of carbonyl (C=O) groups excluding carboxylic acids is 1. The predicted octanol–water partition coefficient (Wildman–Crippen LogP) is 1.57. The van der Waals surface area contributed by atoms with E-state index >= 15 is 0 Å². The van der Waals surface area contributed by atoms with Crippen LogP contribution >= 0.6 is 0 Å². The molecule has 5 nitrogen and oxygen atoms in total. The summed E-state index contributed by atoms with van der Waals surface area (Å²) in [5.74, 6) is 5.81. The van der Waals surface area contributed by atoms with Gasteiger partial charge < -0.3 is 4.42 Å². The molecule has 0 radical (unpaired) electrons. The van der Waals surface area contributed by atoms with Crippen molar-refractivity contribution in [2.24, 2.45) is 5.84 Å². The summed E-state index contributed by atoms with van der Waals surface area (Å²) in [6, 6.07) is 2.45. The first-order valence-corrected chi connectivity index (χ1v) is 6.50. The third-order valence-corrected chi connectivity index (χ3v) is 3.72. The van der Waals surface area contributed by atoms with Gasteiger partial charge in [-0.25, -0.2) is 5.84 Å². The van der Waals surface area contributed by atoms with Gasteiger partial charge in [0.2, 0.25) is 0 Å². The van der Waals surface area contributed by atoms with Crippen molar-refractivity contribution in [1.29, 1.82) is 0 Å². The summed E-state index contributed by atoms with van der Waals surface area (Å²) >= 11 is 0. The number of aryl methyl sites for hydroxylation is 1. The molecule has 1 aromatic rings. The molecule has 18 heavy (non-hydrogen) atoms. The Morgan fingerprint density at radius 3 is 3.11 bits per heavy atom. The molecule has 1 saturated heterocycles. The lowest BCUT2D eigenvalue weighted by molar-refractivity contribution is 0.0924. The van der Waals surface area contributed by atoms with E-state index in [1.807, 2.05) is 6.92 Å². The van der Waals surface area contributed by atoms with Gasteiger partial charge in [0.15, 0.2) is 5.76 Å². The molecule has 1 atom stereocenters. The molecule has 2 heterocycles. The molecule has 0 saturated carbocycles. The first-order valence-electron chi connectivity index (χ1n) is 6.50. The quantitative estimate of drug-likeness (QED) is 0.484. The van der Waals surface area contributed by atoms with Gasteiger partial charge in [0.05, 0.1) is 0 Å². The summed E-state index contributed by atoms with van der Waals surface area (Å²) in [4.78, 5) is 13.9. The number of nitrogens with zero attached hydrogens (tertiary/aromatic N) is 1.